The van der Waals surface area contributed by atoms with Crippen molar-refractivity contribution in [3.05, 3.63) is 53.4 Å². The molecule has 7 nitrogen and oxygen atoms in total. The first kappa shape index (κ1) is 17.2. The second kappa shape index (κ2) is 7.20. The molecule has 1 fully saturated rings. The van der Waals surface area contributed by atoms with Crippen LogP contribution in [-0.4, -0.2) is 49.8 Å². The van der Waals surface area contributed by atoms with Crippen LogP contribution in [-0.2, 0) is 6.54 Å². The summed E-state index contributed by atoms with van der Waals surface area (Å²) in [5.41, 5.74) is 8.78. The summed E-state index contributed by atoms with van der Waals surface area (Å²) in [6, 6.07) is 9.41. The molecular weight excluding hydrogens is 352 g/mol. The maximum absolute atomic E-state index is 10.0. The molecule has 0 amide bonds. The van der Waals surface area contributed by atoms with Gasteiger partial charge in [-0.2, -0.15) is 5.10 Å². The van der Waals surface area contributed by atoms with Gasteiger partial charge in [-0.15, -0.1) is 0 Å². The van der Waals surface area contributed by atoms with Gasteiger partial charge < -0.3 is 16.2 Å². The number of benzene rings is 1. The number of anilines is 2. The predicted octanol–water partition coefficient (Wildman–Crippen LogP) is 2.02. The van der Waals surface area contributed by atoms with Gasteiger partial charge in [-0.25, -0.2) is 9.50 Å². The van der Waals surface area contributed by atoms with Crippen LogP contribution in [0.3, 0.4) is 0 Å². The normalized spacial score (nSPS) is 21.2. The summed E-state index contributed by atoms with van der Waals surface area (Å²) >= 11 is 6.08. The molecule has 136 valence electrons. The van der Waals surface area contributed by atoms with Crippen LogP contribution in [0.5, 0.6) is 0 Å². The Hall–Kier alpha value is -2.19. The standard InChI is InChI=1S/C18H21ClN6O/c19-13-2-1-3-14(8-13)23-18-17-12(4-7-25(17)22-11-21-18)9-24-6-5-15(20)16(26)10-24/h1-4,7-8,11,15-16,26H,5-6,9-10,20H2,(H,21,22,23)/t15-,16+/m0/s1. The highest BCUT2D eigenvalue weighted by molar-refractivity contribution is 6.30. The molecule has 0 unspecified atom stereocenters. The maximum atomic E-state index is 10.0. The summed E-state index contributed by atoms with van der Waals surface area (Å²) in [7, 11) is 0. The van der Waals surface area contributed by atoms with Crippen LogP contribution in [0.2, 0.25) is 5.02 Å². The number of likely N-dealkylation sites (tertiary alicyclic amines) is 1. The zero-order valence-electron chi connectivity index (χ0n) is 14.2. The summed E-state index contributed by atoms with van der Waals surface area (Å²) in [6.45, 7) is 2.14. The van der Waals surface area contributed by atoms with E-state index in [0.29, 0.717) is 18.1 Å². The Labute approximate surface area is 156 Å². The third-order valence-corrected chi connectivity index (χ3v) is 4.97. The number of aliphatic hydroxyl groups excluding tert-OH is 1. The molecule has 1 aliphatic rings. The van der Waals surface area contributed by atoms with Crippen molar-refractivity contribution in [2.24, 2.45) is 5.73 Å². The van der Waals surface area contributed by atoms with Crippen LogP contribution in [0.1, 0.15) is 12.0 Å². The average molecular weight is 373 g/mol. The summed E-state index contributed by atoms with van der Waals surface area (Å²) in [4.78, 5) is 6.62. The van der Waals surface area contributed by atoms with Crippen molar-refractivity contribution >= 4 is 28.6 Å². The lowest BCUT2D eigenvalue weighted by atomic mass is 10.0. The third-order valence-electron chi connectivity index (χ3n) is 4.74. The van der Waals surface area contributed by atoms with E-state index < -0.39 is 6.10 Å². The van der Waals surface area contributed by atoms with Crippen LogP contribution in [0.15, 0.2) is 42.9 Å². The quantitative estimate of drug-likeness (QED) is 0.649. The van der Waals surface area contributed by atoms with E-state index >= 15 is 0 Å². The van der Waals surface area contributed by atoms with Gasteiger partial charge in [0.2, 0.25) is 0 Å². The van der Waals surface area contributed by atoms with Crippen molar-refractivity contribution in [1.82, 2.24) is 19.5 Å². The first-order valence-corrected chi connectivity index (χ1v) is 8.98. The molecule has 0 saturated carbocycles. The fraction of sp³-hybridized carbons (Fsp3) is 0.333. The number of fused-ring (bicyclic) bond motifs is 1. The molecule has 2 aromatic heterocycles. The smallest absolute Gasteiger partial charge is 0.158 e. The number of rotatable bonds is 4. The molecule has 0 bridgehead atoms. The molecule has 1 saturated heterocycles. The van der Waals surface area contributed by atoms with Gasteiger partial charge in [0.15, 0.2) is 5.82 Å². The van der Waals surface area contributed by atoms with Gasteiger partial charge in [-0.1, -0.05) is 17.7 Å². The van der Waals surface area contributed by atoms with Crippen molar-refractivity contribution in [3.63, 3.8) is 0 Å². The summed E-state index contributed by atoms with van der Waals surface area (Å²) in [5.74, 6) is 0.719. The molecule has 0 radical (unpaired) electrons. The van der Waals surface area contributed by atoms with Gasteiger partial charge in [-0.05, 0) is 36.2 Å². The van der Waals surface area contributed by atoms with Gasteiger partial charge in [0.05, 0.1) is 6.10 Å². The van der Waals surface area contributed by atoms with Gasteiger partial charge in [-0.3, -0.25) is 4.90 Å². The molecular formula is C18H21ClN6O. The van der Waals surface area contributed by atoms with Crippen molar-refractivity contribution in [2.75, 3.05) is 18.4 Å². The Morgan fingerprint density at radius 3 is 3.04 bits per heavy atom. The van der Waals surface area contributed by atoms with E-state index in [-0.39, 0.29) is 6.04 Å². The van der Waals surface area contributed by atoms with Crippen molar-refractivity contribution in [3.8, 4) is 0 Å². The highest BCUT2D eigenvalue weighted by atomic mass is 35.5. The average Bonchev–Trinajstić information content (AvgIpc) is 3.02. The molecule has 26 heavy (non-hydrogen) atoms. The van der Waals surface area contributed by atoms with Crippen LogP contribution in [0.25, 0.3) is 5.52 Å². The Balaban J connectivity index is 1.62. The molecule has 3 aromatic rings. The van der Waals surface area contributed by atoms with Crippen molar-refractivity contribution in [2.45, 2.75) is 25.1 Å². The highest BCUT2D eigenvalue weighted by Crippen LogP contribution is 2.26. The summed E-state index contributed by atoms with van der Waals surface area (Å²) in [6.07, 6.45) is 3.74. The monoisotopic (exact) mass is 372 g/mol. The van der Waals surface area contributed by atoms with Gasteiger partial charge in [0, 0.05) is 42.6 Å². The number of nitrogens with one attached hydrogen (secondary N) is 1. The minimum Gasteiger partial charge on any atom is -0.390 e. The second-order valence-corrected chi connectivity index (χ2v) is 7.07. The number of β-amino-alcohol motifs (C(OH)–C–C–N with tert-alkyl or cyclic N) is 1. The maximum Gasteiger partial charge on any atom is 0.158 e. The lowest BCUT2D eigenvalue weighted by Crippen LogP contribution is -2.50. The van der Waals surface area contributed by atoms with Crippen LogP contribution in [0, 0.1) is 0 Å². The van der Waals surface area contributed by atoms with Crippen LogP contribution >= 0.6 is 11.6 Å². The van der Waals surface area contributed by atoms with E-state index in [0.717, 1.165) is 35.6 Å². The molecule has 8 heteroatoms. The van der Waals surface area contributed by atoms with Crippen LogP contribution < -0.4 is 11.1 Å². The Morgan fingerprint density at radius 2 is 2.23 bits per heavy atom. The minimum absolute atomic E-state index is 0.138. The Kier molecular flexibility index (Phi) is 4.78. The number of nitrogens with two attached hydrogens (primary N) is 1. The predicted molar refractivity (Wildman–Crippen MR) is 102 cm³/mol. The molecule has 3 heterocycles. The fourth-order valence-electron chi connectivity index (χ4n) is 3.34. The third kappa shape index (κ3) is 3.52. The lowest BCUT2D eigenvalue weighted by molar-refractivity contribution is 0.0501. The number of piperidine rings is 1. The topological polar surface area (TPSA) is 91.7 Å². The lowest BCUT2D eigenvalue weighted by Gasteiger charge is -2.33. The number of aromatic nitrogens is 3. The van der Waals surface area contributed by atoms with E-state index in [2.05, 4.69) is 20.3 Å². The first-order chi connectivity index (χ1) is 12.6. The van der Waals surface area contributed by atoms with Crippen molar-refractivity contribution in [1.29, 1.82) is 0 Å². The molecule has 0 aliphatic carbocycles. The van der Waals surface area contributed by atoms with Crippen molar-refractivity contribution < 1.29 is 5.11 Å². The number of aliphatic hydroxyl groups is 1. The molecule has 2 atom stereocenters. The molecule has 1 aliphatic heterocycles. The SMILES string of the molecule is N[C@H]1CCN(Cc2ccn3ncnc(Nc4cccc(Cl)c4)c23)C[C@H]1O. The van der Waals surface area contributed by atoms with E-state index in [9.17, 15) is 5.11 Å². The minimum atomic E-state index is -0.488. The highest BCUT2D eigenvalue weighted by Gasteiger charge is 2.25. The number of hydrogen-bond acceptors (Lipinski definition) is 6. The fourth-order valence-corrected chi connectivity index (χ4v) is 3.53. The summed E-state index contributed by atoms with van der Waals surface area (Å²) in [5, 5.41) is 18.3. The zero-order valence-corrected chi connectivity index (χ0v) is 15.0. The Morgan fingerprint density at radius 1 is 1.35 bits per heavy atom. The van der Waals surface area contributed by atoms with Gasteiger partial charge >= 0.3 is 0 Å². The van der Waals surface area contributed by atoms with E-state index in [4.69, 9.17) is 17.3 Å². The number of nitrogens with zero attached hydrogens (tertiary/aromatic N) is 4. The molecule has 1 aromatic carbocycles. The molecule has 0 spiro atoms. The number of hydrogen-bond donors (Lipinski definition) is 3. The first-order valence-electron chi connectivity index (χ1n) is 8.60. The Bertz CT molecular complexity index is 914. The second-order valence-electron chi connectivity index (χ2n) is 6.63. The molecule has 4 rings (SSSR count). The largest absolute Gasteiger partial charge is 0.390 e. The van der Waals surface area contributed by atoms with E-state index in [1.54, 1.807) is 4.52 Å². The summed E-state index contributed by atoms with van der Waals surface area (Å²) < 4.78 is 1.81. The van der Waals surface area contributed by atoms with E-state index in [1.165, 1.54) is 6.33 Å². The van der Waals surface area contributed by atoms with Crippen LogP contribution in [0.4, 0.5) is 11.5 Å². The number of halogens is 1. The molecule has 4 N–H and O–H groups in total. The van der Waals surface area contributed by atoms with Gasteiger partial charge in [0.1, 0.15) is 11.8 Å². The zero-order chi connectivity index (χ0) is 18.1. The van der Waals surface area contributed by atoms with Gasteiger partial charge in [0.25, 0.3) is 0 Å². The van der Waals surface area contributed by atoms with E-state index in [1.807, 2.05) is 36.5 Å².